The molecule has 0 bridgehead atoms. The van der Waals surface area contributed by atoms with E-state index in [4.69, 9.17) is 14.6 Å². The monoisotopic (exact) mass is 618 g/mol. The number of aromatic nitrogens is 2. The fourth-order valence-corrected chi connectivity index (χ4v) is 5.81. The number of amides is 2. The Morgan fingerprint density at radius 1 is 1.00 bits per heavy atom. The van der Waals surface area contributed by atoms with Gasteiger partial charge >= 0.3 is 0 Å². The Labute approximate surface area is 270 Å². The molecule has 246 valence electrons. The highest BCUT2D eigenvalue weighted by molar-refractivity contribution is 5.94. The minimum Gasteiger partial charge on any atom is -0.496 e. The van der Waals surface area contributed by atoms with Gasteiger partial charge in [0.05, 0.1) is 24.4 Å². The van der Waals surface area contributed by atoms with E-state index in [0.29, 0.717) is 42.7 Å². The van der Waals surface area contributed by atoms with Gasteiger partial charge in [-0.05, 0) is 55.4 Å². The first kappa shape index (κ1) is 35.7. The maximum absolute atomic E-state index is 13.7. The number of methoxy groups -OCH3 is 1. The van der Waals surface area contributed by atoms with Crippen LogP contribution in [0.4, 0.5) is 0 Å². The van der Waals surface area contributed by atoms with Crippen molar-refractivity contribution in [3.8, 4) is 22.8 Å². The number of nitrogens with one attached hydrogen (secondary N) is 2. The number of hydrogen-bond acceptors (Lipinski definition) is 5. The second-order valence-electron chi connectivity index (χ2n) is 12.0. The van der Waals surface area contributed by atoms with Gasteiger partial charge < -0.3 is 20.1 Å². The van der Waals surface area contributed by atoms with E-state index in [1.165, 1.54) is 6.42 Å². The van der Waals surface area contributed by atoms with E-state index in [-0.39, 0.29) is 30.3 Å². The molecule has 0 aliphatic heterocycles. The molecule has 0 saturated heterocycles. The highest BCUT2D eigenvalue weighted by Gasteiger charge is 2.28. The Hall–Kier alpha value is -3.81. The molecule has 0 unspecified atom stereocenters. The van der Waals surface area contributed by atoms with Crippen molar-refractivity contribution >= 4 is 11.8 Å². The summed E-state index contributed by atoms with van der Waals surface area (Å²) < 4.78 is 14.2. The molecule has 1 aliphatic carbocycles. The Bertz CT molecular complexity index is 1320. The number of hydrogen-bond donors (Lipinski definition) is 2. The third-order valence-corrected chi connectivity index (χ3v) is 7.97. The van der Waals surface area contributed by atoms with Gasteiger partial charge in [0.1, 0.15) is 18.1 Å². The van der Waals surface area contributed by atoms with Gasteiger partial charge in [0, 0.05) is 19.0 Å². The van der Waals surface area contributed by atoms with Crippen molar-refractivity contribution in [3.05, 3.63) is 65.9 Å². The molecule has 2 amide bonds. The molecule has 4 rings (SSSR count). The Morgan fingerprint density at radius 3 is 2.38 bits per heavy atom. The molecule has 8 nitrogen and oxygen atoms in total. The standard InChI is InChI=1S/C35H48N4O4.C2H6/c1-5-6-20-36-33(40)22-27(21-25(2)3)37-35(41)29-23-30(39(38-29)28-16-11-8-12-17-28)34-31(42-4)18-13-19-32(34)43-24-26-14-9-7-10-15-26;1-2/h7,9-10,13-15,18-19,23,25,27-28H,5-6,8,11-12,16-17,20-22,24H2,1-4H3,(H,36,40)(H,37,41);1-2H3/t27-;/m0./s1. The van der Waals surface area contributed by atoms with Crippen LogP contribution in [0, 0.1) is 5.92 Å². The molecular weight excluding hydrogens is 564 g/mol. The molecule has 45 heavy (non-hydrogen) atoms. The third kappa shape index (κ3) is 10.6. The molecule has 1 atom stereocenters. The van der Waals surface area contributed by atoms with Crippen LogP contribution >= 0.6 is 0 Å². The quantitative estimate of drug-likeness (QED) is 0.168. The van der Waals surface area contributed by atoms with Gasteiger partial charge in [0.25, 0.3) is 5.91 Å². The molecule has 1 fully saturated rings. The molecule has 1 aromatic heterocycles. The lowest BCUT2D eigenvalue weighted by molar-refractivity contribution is -0.121. The smallest absolute Gasteiger partial charge is 0.272 e. The van der Waals surface area contributed by atoms with Crippen LogP contribution in [0.25, 0.3) is 11.3 Å². The van der Waals surface area contributed by atoms with E-state index < -0.39 is 0 Å². The number of carbonyl (C=O) groups excluding carboxylic acids is 2. The van der Waals surface area contributed by atoms with Crippen LogP contribution in [0.5, 0.6) is 11.5 Å². The molecule has 2 aromatic carbocycles. The van der Waals surface area contributed by atoms with Gasteiger partial charge in [-0.15, -0.1) is 0 Å². The van der Waals surface area contributed by atoms with Crippen molar-refractivity contribution in [3.63, 3.8) is 0 Å². The molecule has 3 aromatic rings. The maximum Gasteiger partial charge on any atom is 0.272 e. The zero-order chi connectivity index (χ0) is 32.6. The summed E-state index contributed by atoms with van der Waals surface area (Å²) in [6, 6.07) is 17.6. The van der Waals surface area contributed by atoms with Crippen LogP contribution in [0.1, 0.15) is 114 Å². The van der Waals surface area contributed by atoms with Crippen LogP contribution in [-0.4, -0.2) is 41.3 Å². The van der Waals surface area contributed by atoms with E-state index in [9.17, 15) is 9.59 Å². The predicted molar refractivity (Wildman–Crippen MR) is 182 cm³/mol. The summed E-state index contributed by atoms with van der Waals surface area (Å²) in [5.74, 6) is 1.35. The molecule has 8 heteroatoms. The fraction of sp³-hybridized carbons (Fsp3) is 0.541. The number of ether oxygens (including phenoxy) is 2. The van der Waals surface area contributed by atoms with Crippen molar-refractivity contribution in [2.45, 2.75) is 111 Å². The lowest BCUT2D eigenvalue weighted by Gasteiger charge is -2.25. The van der Waals surface area contributed by atoms with Crippen LogP contribution in [-0.2, 0) is 11.4 Å². The van der Waals surface area contributed by atoms with E-state index in [2.05, 4.69) is 31.4 Å². The number of nitrogens with zero attached hydrogens (tertiary/aromatic N) is 2. The minimum atomic E-state index is -0.284. The first-order valence-corrected chi connectivity index (χ1v) is 16.9. The van der Waals surface area contributed by atoms with E-state index in [1.807, 2.05) is 73.1 Å². The van der Waals surface area contributed by atoms with Gasteiger partial charge in [-0.3, -0.25) is 14.3 Å². The Balaban J connectivity index is 0.00000271. The summed E-state index contributed by atoms with van der Waals surface area (Å²) in [6.07, 6.45) is 8.35. The maximum atomic E-state index is 13.7. The van der Waals surface area contributed by atoms with Crippen molar-refractivity contribution < 1.29 is 19.1 Å². The average Bonchev–Trinajstić information content (AvgIpc) is 3.50. The van der Waals surface area contributed by atoms with Crippen molar-refractivity contribution in [2.24, 2.45) is 5.92 Å². The summed E-state index contributed by atoms with van der Waals surface area (Å²) in [7, 11) is 1.65. The molecule has 1 heterocycles. The fourth-order valence-electron chi connectivity index (χ4n) is 5.81. The average molecular weight is 619 g/mol. The first-order chi connectivity index (χ1) is 21.9. The number of benzene rings is 2. The zero-order valence-corrected chi connectivity index (χ0v) is 28.2. The summed E-state index contributed by atoms with van der Waals surface area (Å²) in [5, 5.41) is 11.0. The van der Waals surface area contributed by atoms with Gasteiger partial charge in [-0.2, -0.15) is 5.10 Å². The second kappa shape index (κ2) is 18.9. The van der Waals surface area contributed by atoms with E-state index >= 15 is 0 Å². The van der Waals surface area contributed by atoms with Gasteiger partial charge in [0.15, 0.2) is 5.69 Å². The van der Waals surface area contributed by atoms with Crippen LogP contribution < -0.4 is 20.1 Å². The third-order valence-electron chi connectivity index (χ3n) is 7.97. The van der Waals surface area contributed by atoms with Crippen molar-refractivity contribution in [2.75, 3.05) is 13.7 Å². The summed E-state index contributed by atoms with van der Waals surface area (Å²) >= 11 is 0. The van der Waals surface area contributed by atoms with Gasteiger partial charge in [-0.25, -0.2) is 0 Å². The molecule has 0 radical (unpaired) electrons. The number of carbonyl (C=O) groups is 2. The van der Waals surface area contributed by atoms with Crippen molar-refractivity contribution in [1.82, 2.24) is 20.4 Å². The van der Waals surface area contributed by atoms with Crippen LogP contribution in [0.2, 0.25) is 0 Å². The largest absolute Gasteiger partial charge is 0.496 e. The van der Waals surface area contributed by atoms with Gasteiger partial charge in [0.2, 0.25) is 5.91 Å². The first-order valence-electron chi connectivity index (χ1n) is 16.9. The van der Waals surface area contributed by atoms with Crippen LogP contribution in [0.15, 0.2) is 54.6 Å². The molecule has 0 spiro atoms. The summed E-state index contributed by atoms with van der Waals surface area (Å²) in [4.78, 5) is 26.4. The Kier molecular flexibility index (Phi) is 15.0. The highest BCUT2D eigenvalue weighted by atomic mass is 16.5. The molecular formula is C37H54N4O4. The van der Waals surface area contributed by atoms with Crippen molar-refractivity contribution in [1.29, 1.82) is 0 Å². The van der Waals surface area contributed by atoms with Gasteiger partial charge in [-0.1, -0.05) is 96.7 Å². The SMILES string of the molecule is CC.CCCCNC(=O)C[C@H](CC(C)C)NC(=O)c1cc(-c2c(OC)cccc2OCc2ccccc2)n(C2CCCCC2)n1. The van der Waals surface area contributed by atoms with Crippen LogP contribution in [0.3, 0.4) is 0 Å². The van der Waals surface area contributed by atoms with E-state index in [0.717, 1.165) is 55.3 Å². The molecule has 1 saturated carbocycles. The Morgan fingerprint density at radius 2 is 1.71 bits per heavy atom. The lowest BCUT2D eigenvalue weighted by atomic mass is 9.95. The summed E-state index contributed by atoms with van der Waals surface area (Å²) in [5.41, 5.74) is 2.98. The minimum absolute atomic E-state index is 0.0398. The number of rotatable bonds is 15. The second-order valence-corrected chi connectivity index (χ2v) is 12.0. The highest BCUT2D eigenvalue weighted by Crippen LogP contribution is 2.42. The lowest BCUT2D eigenvalue weighted by Crippen LogP contribution is -2.40. The number of unbranched alkanes of at least 4 members (excludes halogenated alkanes) is 1. The molecule has 1 aliphatic rings. The predicted octanol–water partition coefficient (Wildman–Crippen LogP) is 8.12. The topological polar surface area (TPSA) is 94.5 Å². The normalized spacial score (nSPS) is 13.8. The summed E-state index contributed by atoms with van der Waals surface area (Å²) in [6.45, 7) is 11.4. The molecule has 2 N–H and O–H groups in total. The van der Waals surface area contributed by atoms with E-state index in [1.54, 1.807) is 7.11 Å². The zero-order valence-electron chi connectivity index (χ0n) is 28.2.